The molecule has 0 saturated heterocycles. The van der Waals surface area contributed by atoms with Gasteiger partial charge < -0.3 is 16.2 Å². The van der Waals surface area contributed by atoms with Gasteiger partial charge in [0.2, 0.25) is 0 Å². The van der Waals surface area contributed by atoms with Gasteiger partial charge in [-0.25, -0.2) is 0 Å². The topological polar surface area (TPSA) is 75.3 Å². The molecule has 0 aromatic heterocycles. The van der Waals surface area contributed by atoms with Crippen LogP contribution in [0.15, 0.2) is 40.9 Å². The lowest BCUT2D eigenvalue weighted by Crippen LogP contribution is -2.13. The monoisotopic (exact) mass is 320 g/mol. The van der Waals surface area contributed by atoms with Crippen molar-refractivity contribution in [1.29, 1.82) is 0 Å². The Labute approximate surface area is 119 Å². The predicted molar refractivity (Wildman–Crippen MR) is 79.4 cm³/mol. The van der Waals surface area contributed by atoms with Crippen LogP contribution in [0, 0.1) is 6.92 Å². The van der Waals surface area contributed by atoms with Gasteiger partial charge in [-0.15, -0.1) is 0 Å². The van der Waals surface area contributed by atoms with E-state index in [1.807, 2.05) is 13.0 Å². The lowest BCUT2D eigenvalue weighted by Gasteiger charge is -2.10. The van der Waals surface area contributed by atoms with Crippen LogP contribution in [-0.4, -0.2) is 11.0 Å². The van der Waals surface area contributed by atoms with Crippen LogP contribution in [0.3, 0.4) is 0 Å². The largest absolute Gasteiger partial charge is 0.507 e. The summed E-state index contributed by atoms with van der Waals surface area (Å²) in [6.07, 6.45) is 0. The summed E-state index contributed by atoms with van der Waals surface area (Å²) < 4.78 is 0.705. The summed E-state index contributed by atoms with van der Waals surface area (Å²) in [5.74, 6) is -0.488. The van der Waals surface area contributed by atoms with Crippen molar-refractivity contribution in [2.45, 2.75) is 6.92 Å². The molecule has 0 aliphatic carbocycles. The van der Waals surface area contributed by atoms with Crippen LogP contribution in [-0.2, 0) is 0 Å². The quantitative estimate of drug-likeness (QED) is 0.743. The van der Waals surface area contributed by atoms with E-state index >= 15 is 0 Å². The van der Waals surface area contributed by atoms with Crippen molar-refractivity contribution in [2.75, 3.05) is 11.1 Å². The second kappa shape index (κ2) is 5.32. The molecule has 0 aliphatic rings. The van der Waals surface area contributed by atoms with E-state index in [0.29, 0.717) is 15.8 Å². The summed E-state index contributed by atoms with van der Waals surface area (Å²) in [5, 5.41) is 12.4. The van der Waals surface area contributed by atoms with Crippen LogP contribution < -0.4 is 11.1 Å². The number of carbonyl (C=O) groups excluding carboxylic acids is 1. The van der Waals surface area contributed by atoms with Crippen LogP contribution in [0.4, 0.5) is 11.4 Å². The molecule has 0 bridgehead atoms. The molecule has 98 valence electrons. The number of rotatable bonds is 2. The first-order valence-corrected chi connectivity index (χ1v) is 6.42. The standard InChI is InChI=1S/C14H13BrN2O2/c1-8-2-5-12(11(16)6-8)17-14(19)10-4-3-9(15)7-13(10)18/h2-7,18H,16H2,1H3,(H,17,19). The molecule has 5 heteroatoms. The van der Waals surface area contributed by atoms with Gasteiger partial charge in [0.15, 0.2) is 0 Å². The molecule has 19 heavy (non-hydrogen) atoms. The summed E-state index contributed by atoms with van der Waals surface area (Å²) in [6, 6.07) is 10.1. The van der Waals surface area contributed by atoms with Crippen molar-refractivity contribution >= 4 is 33.2 Å². The van der Waals surface area contributed by atoms with Gasteiger partial charge in [-0.3, -0.25) is 4.79 Å². The average molecular weight is 321 g/mol. The zero-order valence-corrected chi connectivity index (χ0v) is 11.9. The molecule has 1 amide bonds. The predicted octanol–water partition coefficient (Wildman–Crippen LogP) is 3.30. The van der Waals surface area contributed by atoms with E-state index in [9.17, 15) is 9.90 Å². The molecule has 0 fully saturated rings. The molecule has 2 aromatic rings. The molecule has 0 saturated carbocycles. The van der Waals surface area contributed by atoms with Gasteiger partial charge in [0.05, 0.1) is 16.9 Å². The Morgan fingerprint density at radius 2 is 2.00 bits per heavy atom. The van der Waals surface area contributed by atoms with Gasteiger partial charge in [0, 0.05) is 4.47 Å². The van der Waals surface area contributed by atoms with E-state index in [0.717, 1.165) is 5.56 Å². The molecule has 4 nitrogen and oxygen atoms in total. The number of halogens is 1. The maximum Gasteiger partial charge on any atom is 0.259 e. The summed E-state index contributed by atoms with van der Waals surface area (Å²) in [4.78, 5) is 12.0. The number of hydrogen-bond donors (Lipinski definition) is 3. The molecule has 4 N–H and O–H groups in total. The molecule has 0 unspecified atom stereocenters. The number of hydrogen-bond acceptors (Lipinski definition) is 3. The van der Waals surface area contributed by atoms with Crippen molar-refractivity contribution in [3.05, 3.63) is 52.0 Å². The first-order chi connectivity index (χ1) is 8.97. The zero-order valence-electron chi connectivity index (χ0n) is 10.3. The third kappa shape index (κ3) is 3.06. The second-order valence-electron chi connectivity index (χ2n) is 4.21. The van der Waals surface area contributed by atoms with Gasteiger partial charge in [0.1, 0.15) is 5.75 Å². The number of phenols is 1. The first kappa shape index (κ1) is 13.4. The van der Waals surface area contributed by atoms with Gasteiger partial charge in [-0.1, -0.05) is 22.0 Å². The number of aromatic hydroxyl groups is 1. The number of anilines is 2. The minimum atomic E-state index is -0.402. The maximum atomic E-state index is 12.0. The SMILES string of the molecule is Cc1ccc(NC(=O)c2ccc(Br)cc2O)c(N)c1. The molecule has 2 rings (SSSR count). The van der Waals surface area contributed by atoms with Gasteiger partial charge in [-0.05, 0) is 42.8 Å². The lowest BCUT2D eigenvalue weighted by molar-refractivity contribution is 0.102. The van der Waals surface area contributed by atoms with Gasteiger partial charge in [0.25, 0.3) is 5.91 Å². The van der Waals surface area contributed by atoms with Gasteiger partial charge in [-0.2, -0.15) is 0 Å². The molecule has 0 spiro atoms. The molecular weight excluding hydrogens is 308 g/mol. The average Bonchev–Trinajstić information content (AvgIpc) is 2.32. The van der Waals surface area contributed by atoms with Crippen LogP contribution in [0.25, 0.3) is 0 Å². The van der Waals surface area contributed by atoms with E-state index in [1.54, 1.807) is 24.3 Å². The number of nitrogens with one attached hydrogen (secondary N) is 1. The summed E-state index contributed by atoms with van der Waals surface area (Å²) >= 11 is 3.22. The number of nitrogens with two attached hydrogens (primary N) is 1. The number of amides is 1. The second-order valence-corrected chi connectivity index (χ2v) is 5.12. The van der Waals surface area contributed by atoms with Crippen molar-refractivity contribution in [1.82, 2.24) is 0 Å². The zero-order chi connectivity index (χ0) is 14.0. The third-order valence-electron chi connectivity index (χ3n) is 2.66. The highest BCUT2D eigenvalue weighted by atomic mass is 79.9. The fraction of sp³-hybridized carbons (Fsp3) is 0.0714. The Morgan fingerprint density at radius 1 is 1.26 bits per heavy atom. The molecular formula is C14H13BrN2O2. The Bertz CT molecular complexity index is 641. The minimum absolute atomic E-state index is 0.0856. The van der Waals surface area contributed by atoms with Crippen LogP contribution in [0.1, 0.15) is 15.9 Å². The van der Waals surface area contributed by atoms with Crippen molar-refractivity contribution < 1.29 is 9.90 Å². The number of benzene rings is 2. The van der Waals surface area contributed by atoms with Crippen molar-refractivity contribution in [3.8, 4) is 5.75 Å². The van der Waals surface area contributed by atoms with Crippen LogP contribution >= 0.6 is 15.9 Å². The summed E-state index contributed by atoms with van der Waals surface area (Å²) in [7, 11) is 0. The maximum absolute atomic E-state index is 12.0. The fourth-order valence-electron chi connectivity index (χ4n) is 1.68. The number of carbonyl (C=O) groups is 1. The van der Waals surface area contributed by atoms with E-state index in [1.165, 1.54) is 6.07 Å². The molecule has 0 aliphatic heterocycles. The first-order valence-electron chi connectivity index (χ1n) is 5.63. The van der Waals surface area contributed by atoms with Gasteiger partial charge >= 0.3 is 0 Å². The third-order valence-corrected chi connectivity index (χ3v) is 3.15. The minimum Gasteiger partial charge on any atom is -0.507 e. The lowest BCUT2D eigenvalue weighted by atomic mass is 10.1. The molecule has 0 atom stereocenters. The van der Waals surface area contributed by atoms with E-state index in [-0.39, 0.29) is 11.3 Å². The van der Waals surface area contributed by atoms with Crippen LogP contribution in [0.5, 0.6) is 5.75 Å². The highest BCUT2D eigenvalue weighted by Crippen LogP contribution is 2.25. The highest BCUT2D eigenvalue weighted by Gasteiger charge is 2.12. The van der Waals surface area contributed by atoms with E-state index in [2.05, 4.69) is 21.2 Å². The number of nitrogen functional groups attached to an aromatic ring is 1. The highest BCUT2D eigenvalue weighted by molar-refractivity contribution is 9.10. The Kier molecular flexibility index (Phi) is 3.76. The number of aryl methyl sites for hydroxylation is 1. The summed E-state index contributed by atoms with van der Waals surface area (Å²) in [6.45, 7) is 1.92. The van der Waals surface area contributed by atoms with Crippen molar-refractivity contribution in [2.24, 2.45) is 0 Å². The Hall–Kier alpha value is -2.01. The van der Waals surface area contributed by atoms with E-state index in [4.69, 9.17) is 5.73 Å². The van der Waals surface area contributed by atoms with Crippen molar-refractivity contribution in [3.63, 3.8) is 0 Å². The Morgan fingerprint density at radius 3 is 2.63 bits per heavy atom. The number of phenolic OH excluding ortho intramolecular Hbond substituents is 1. The Balaban J connectivity index is 2.25. The van der Waals surface area contributed by atoms with Crippen LogP contribution in [0.2, 0.25) is 0 Å². The molecule has 0 radical (unpaired) electrons. The summed E-state index contributed by atoms with van der Waals surface area (Å²) in [5.41, 5.74) is 8.05. The van der Waals surface area contributed by atoms with E-state index < -0.39 is 5.91 Å². The smallest absolute Gasteiger partial charge is 0.259 e. The normalized spacial score (nSPS) is 10.2. The molecule has 2 aromatic carbocycles. The molecule has 0 heterocycles. The fourth-order valence-corrected chi connectivity index (χ4v) is 2.03.